The van der Waals surface area contributed by atoms with Gasteiger partial charge in [-0.25, -0.2) is 17.6 Å². The number of benzene rings is 1. The van der Waals surface area contributed by atoms with E-state index in [1.54, 1.807) is 0 Å². The Morgan fingerprint density at radius 1 is 1.13 bits per heavy atom. The Bertz CT molecular complexity index is 651. The van der Waals surface area contributed by atoms with E-state index in [2.05, 4.69) is 0 Å². The average Bonchev–Trinajstić information content (AvgIpc) is 3.04. The Morgan fingerprint density at radius 2 is 1.65 bits per heavy atom. The lowest BCUT2D eigenvalue weighted by atomic mass is 10.1. The lowest BCUT2D eigenvalue weighted by molar-refractivity contribution is -0.147. The Balaban J connectivity index is 2.15. The van der Waals surface area contributed by atoms with Gasteiger partial charge in [-0.15, -0.1) is 0 Å². The molecule has 0 unspecified atom stereocenters. The molecule has 0 amide bonds. The first kappa shape index (κ1) is 17.5. The molecule has 0 bridgehead atoms. The van der Waals surface area contributed by atoms with E-state index in [1.165, 1.54) is 0 Å². The van der Waals surface area contributed by atoms with Crippen LogP contribution in [0.2, 0.25) is 0 Å². The van der Waals surface area contributed by atoms with Crippen molar-refractivity contribution in [1.29, 1.82) is 0 Å². The predicted octanol–water partition coefficient (Wildman–Crippen LogP) is 4.44. The molecule has 23 heavy (non-hydrogen) atoms. The number of hydrogen-bond donors (Lipinski definition) is 0. The third kappa shape index (κ3) is 2.86. The zero-order valence-corrected chi connectivity index (χ0v) is 13.3. The van der Waals surface area contributed by atoms with Crippen LogP contribution in [0.15, 0.2) is 12.2 Å². The number of halogens is 4. The molecule has 0 spiro atoms. The maximum Gasteiger partial charge on any atom is 0.310 e. The number of ether oxygens (including phenoxy) is 1. The molecule has 1 saturated carbocycles. The highest BCUT2D eigenvalue weighted by Crippen LogP contribution is 2.59. The van der Waals surface area contributed by atoms with E-state index in [-0.39, 0.29) is 11.3 Å². The van der Waals surface area contributed by atoms with Crippen molar-refractivity contribution in [3.8, 4) is 0 Å². The number of esters is 1. The minimum atomic E-state index is -1.53. The molecular formula is C17H18F4O2. The Kier molecular flexibility index (Phi) is 4.55. The predicted molar refractivity (Wildman–Crippen MR) is 76.4 cm³/mol. The molecule has 0 aliphatic heterocycles. The van der Waals surface area contributed by atoms with Gasteiger partial charge in [0.05, 0.1) is 11.5 Å². The first-order valence-corrected chi connectivity index (χ1v) is 7.25. The van der Waals surface area contributed by atoms with Gasteiger partial charge < -0.3 is 4.74 Å². The lowest BCUT2D eigenvalue weighted by Gasteiger charge is -2.10. The SMILES string of the molecule is CC=C[C@H]1[C@@H](C(=O)OCc2c(F)c(F)c(C)c(F)c2F)C1(C)C. The first-order valence-electron chi connectivity index (χ1n) is 7.25. The van der Waals surface area contributed by atoms with Crippen LogP contribution in [0.5, 0.6) is 0 Å². The molecule has 1 fully saturated rings. The minimum absolute atomic E-state index is 0.0267. The van der Waals surface area contributed by atoms with Crippen LogP contribution in [0, 0.1) is 47.4 Å². The molecule has 0 N–H and O–H groups in total. The van der Waals surface area contributed by atoms with Crippen molar-refractivity contribution in [2.24, 2.45) is 17.3 Å². The van der Waals surface area contributed by atoms with Crippen LogP contribution in [0.1, 0.15) is 31.9 Å². The molecule has 0 radical (unpaired) electrons. The van der Waals surface area contributed by atoms with E-state index in [0.717, 1.165) is 6.92 Å². The quantitative estimate of drug-likeness (QED) is 0.353. The van der Waals surface area contributed by atoms with Gasteiger partial charge in [0.25, 0.3) is 0 Å². The van der Waals surface area contributed by atoms with Gasteiger partial charge in [0.15, 0.2) is 23.3 Å². The molecule has 1 aliphatic rings. The summed E-state index contributed by atoms with van der Waals surface area (Å²) in [7, 11) is 0. The summed E-state index contributed by atoms with van der Waals surface area (Å²) in [5.41, 5.74) is -1.98. The monoisotopic (exact) mass is 330 g/mol. The summed E-state index contributed by atoms with van der Waals surface area (Å²) in [4.78, 5) is 12.1. The van der Waals surface area contributed by atoms with Crippen molar-refractivity contribution >= 4 is 5.97 Å². The average molecular weight is 330 g/mol. The molecule has 126 valence electrons. The highest BCUT2D eigenvalue weighted by molar-refractivity contribution is 5.78. The van der Waals surface area contributed by atoms with Crippen LogP contribution in [0.4, 0.5) is 17.6 Å². The smallest absolute Gasteiger partial charge is 0.310 e. The second-order valence-electron chi connectivity index (χ2n) is 6.32. The molecule has 0 heterocycles. The van der Waals surface area contributed by atoms with Crippen LogP contribution >= 0.6 is 0 Å². The van der Waals surface area contributed by atoms with E-state index in [0.29, 0.717) is 0 Å². The van der Waals surface area contributed by atoms with Gasteiger partial charge in [0.2, 0.25) is 0 Å². The summed E-state index contributed by atoms with van der Waals surface area (Å²) < 4.78 is 59.3. The van der Waals surface area contributed by atoms with E-state index in [4.69, 9.17) is 4.74 Å². The second kappa shape index (κ2) is 5.98. The van der Waals surface area contributed by atoms with Gasteiger partial charge >= 0.3 is 5.97 Å². The van der Waals surface area contributed by atoms with Crippen molar-refractivity contribution in [1.82, 2.24) is 0 Å². The van der Waals surface area contributed by atoms with Crippen molar-refractivity contribution < 1.29 is 27.1 Å². The van der Waals surface area contributed by atoms with Gasteiger partial charge in [0, 0.05) is 5.56 Å². The Morgan fingerprint density at radius 3 is 2.13 bits per heavy atom. The van der Waals surface area contributed by atoms with Crippen molar-refractivity contribution in [2.45, 2.75) is 34.3 Å². The van der Waals surface area contributed by atoms with Gasteiger partial charge in [-0.3, -0.25) is 4.79 Å². The van der Waals surface area contributed by atoms with Crippen molar-refractivity contribution in [2.75, 3.05) is 0 Å². The zero-order chi connectivity index (χ0) is 17.5. The molecule has 2 nitrogen and oxygen atoms in total. The maximum atomic E-state index is 13.7. The molecule has 2 atom stereocenters. The Labute approximate surface area is 132 Å². The van der Waals surface area contributed by atoms with Crippen LogP contribution in [0.25, 0.3) is 0 Å². The second-order valence-corrected chi connectivity index (χ2v) is 6.32. The van der Waals surface area contributed by atoms with Gasteiger partial charge in [-0.1, -0.05) is 26.0 Å². The van der Waals surface area contributed by atoms with Crippen LogP contribution < -0.4 is 0 Å². The molecule has 1 aromatic carbocycles. The third-order valence-corrected chi connectivity index (χ3v) is 4.50. The van der Waals surface area contributed by atoms with E-state index in [9.17, 15) is 22.4 Å². The van der Waals surface area contributed by atoms with Gasteiger partial charge in [0.1, 0.15) is 6.61 Å². The molecule has 0 aromatic heterocycles. The largest absolute Gasteiger partial charge is 0.460 e. The normalized spacial score (nSPS) is 22.4. The summed E-state index contributed by atoms with van der Waals surface area (Å²) in [6.45, 7) is 5.64. The van der Waals surface area contributed by atoms with E-state index < -0.39 is 52.9 Å². The number of carbonyl (C=O) groups excluding carboxylic acids is 1. The highest BCUT2D eigenvalue weighted by atomic mass is 19.2. The minimum Gasteiger partial charge on any atom is -0.460 e. The fraction of sp³-hybridized carbons (Fsp3) is 0.471. The number of rotatable bonds is 4. The first-order chi connectivity index (χ1) is 10.6. The topological polar surface area (TPSA) is 26.3 Å². The summed E-state index contributed by atoms with van der Waals surface area (Å²) >= 11 is 0. The molecule has 2 rings (SSSR count). The van der Waals surface area contributed by atoms with Crippen molar-refractivity contribution in [3.05, 3.63) is 46.5 Å². The molecule has 1 aromatic rings. The lowest BCUT2D eigenvalue weighted by Crippen LogP contribution is -2.14. The summed E-state index contributed by atoms with van der Waals surface area (Å²) in [6.07, 6.45) is 3.67. The van der Waals surface area contributed by atoms with Crippen LogP contribution in [-0.2, 0) is 16.1 Å². The summed E-state index contributed by atoms with van der Waals surface area (Å²) in [6, 6.07) is 0. The van der Waals surface area contributed by atoms with E-state index in [1.807, 2.05) is 32.9 Å². The van der Waals surface area contributed by atoms with Gasteiger partial charge in [-0.05, 0) is 25.2 Å². The number of carbonyl (C=O) groups is 1. The summed E-state index contributed by atoms with van der Waals surface area (Å²) in [5.74, 6) is -7.13. The maximum absolute atomic E-state index is 13.7. The molecular weight excluding hydrogens is 312 g/mol. The molecule has 1 aliphatic carbocycles. The molecule has 0 saturated heterocycles. The fourth-order valence-corrected chi connectivity index (χ4v) is 2.84. The van der Waals surface area contributed by atoms with E-state index >= 15 is 0 Å². The highest BCUT2D eigenvalue weighted by Gasteiger charge is 2.61. The zero-order valence-electron chi connectivity index (χ0n) is 13.3. The van der Waals surface area contributed by atoms with Gasteiger partial charge in [-0.2, -0.15) is 0 Å². The van der Waals surface area contributed by atoms with Crippen molar-refractivity contribution in [3.63, 3.8) is 0 Å². The third-order valence-electron chi connectivity index (χ3n) is 4.50. The standard InChI is InChI=1S/C17H18F4O2/c1-5-6-10-11(17(10,3)4)16(22)23-7-9-14(20)12(18)8(2)13(19)15(9)21/h5-6,10-11H,7H2,1-4H3/t10-,11-/m0/s1. The number of allylic oxidation sites excluding steroid dienone is 2. The van der Waals surface area contributed by atoms with Crippen LogP contribution in [0.3, 0.4) is 0 Å². The Hall–Kier alpha value is -1.85. The van der Waals surface area contributed by atoms with Crippen LogP contribution in [-0.4, -0.2) is 5.97 Å². The molecule has 6 heteroatoms. The number of hydrogen-bond acceptors (Lipinski definition) is 2. The summed E-state index contributed by atoms with van der Waals surface area (Å²) in [5, 5.41) is 0. The fourth-order valence-electron chi connectivity index (χ4n) is 2.84.